The number of benzene rings is 1. The fourth-order valence-electron chi connectivity index (χ4n) is 1.10. The lowest BCUT2D eigenvalue weighted by Gasteiger charge is -2.16. The van der Waals surface area contributed by atoms with E-state index in [4.69, 9.17) is 9.84 Å². The molecule has 3 heteroatoms. The van der Waals surface area contributed by atoms with Crippen LogP contribution in [-0.2, 0) is 11.4 Å². The van der Waals surface area contributed by atoms with E-state index in [1.165, 1.54) is 0 Å². The molecule has 0 fully saturated rings. The maximum absolute atomic E-state index is 11.6. The molecule has 0 aliphatic carbocycles. The second-order valence-corrected chi connectivity index (χ2v) is 4.77. The Morgan fingerprint density at radius 1 is 1.38 bits per heavy atom. The third-order valence-corrected chi connectivity index (χ3v) is 2.29. The molecule has 0 aliphatic rings. The van der Waals surface area contributed by atoms with Crippen molar-refractivity contribution in [2.45, 2.75) is 27.4 Å². The molecule has 0 aromatic heterocycles. The highest BCUT2D eigenvalue weighted by Crippen LogP contribution is 2.17. The molecule has 0 bridgehead atoms. The molecule has 0 heterocycles. The Bertz CT molecular complexity index is 364. The fourth-order valence-corrected chi connectivity index (χ4v) is 1.10. The standard InChI is InChI=1S/C13H18O3/c1-13(2,3)12(15)9-16-11-6-4-5-10(7-11)8-14/h4-7,14H,8-9H2,1-3H3. The summed E-state index contributed by atoms with van der Waals surface area (Å²) >= 11 is 0. The van der Waals surface area contributed by atoms with E-state index in [0.29, 0.717) is 5.75 Å². The van der Waals surface area contributed by atoms with E-state index in [9.17, 15) is 4.79 Å². The Morgan fingerprint density at radius 3 is 2.62 bits per heavy atom. The zero-order valence-electron chi connectivity index (χ0n) is 9.99. The second kappa shape index (κ2) is 5.12. The predicted octanol–water partition coefficient (Wildman–Crippen LogP) is 2.17. The summed E-state index contributed by atoms with van der Waals surface area (Å²) in [7, 11) is 0. The molecule has 1 rings (SSSR count). The fraction of sp³-hybridized carbons (Fsp3) is 0.462. The summed E-state index contributed by atoms with van der Waals surface area (Å²) in [6.45, 7) is 5.64. The molecule has 1 aromatic carbocycles. The van der Waals surface area contributed by atoms with Gasteiger partial charge in [-0.2, -0.15) is 0 Å². The molecule has 0 aliphatic heterocycles. The Labute approximate surface area is 96.1 Å². The first-order valence-corrected chi connectivity index (χ1v) is 5.29. The van der Waals surface area contributed by atoms with Crippen LogP contribution in [0.3, 0.4) is 0 Å². The van der Waals surface area contributed by atoms with Gasteiger partial charge in [0, 0.05) is 5.41 Å². The highest BCUT2D eigenvalue weighted by Gasteiger charge is 2.21. The van der Waals surface area contributed by atoms with Crippen molar-refractivity contribution in [1.29, 1.82) is 0 Å². The molecule has 0 spiro atoms. The van der Waals surface area contributed by atoms with E-state index in [1.807, 2.05) is 20.8 Å². The predicted molar refractivity (Wildman–Crippen MR) is 62.3 cm³/mol. The lowest BCUT2D eigenvalue weighted by molar-refractivity contribution is -0.128. The largest absolute Gasteiger partial charge is 0.486 e. The van der Waals surface area contributed by atoms with Gasteiger partial charge in [-0.15, -0.1) is 0 Å². The van der Waals surface area contributed by atoms with Gasteiger partial charge in [-0.1, -0.05) is 32.9 Å². The average Bonchev–Trinajstić information content (AvgIpc) is 2.25. The second-order valence-electron chi connectivity index (χ2n) is 4.77. The Kier molecular flexibility index (Phi) is 4.07. The van der Waals surface area contributed by atoms with Crippen molar-refractivity contribution < 1.29 is 14.6 Å². The molecular formula is C13H18O3. The summed E-state index contributed by atoms with van der Waals surface area (Å²) < 4.78 is 5.38. The van der Waals surface area contributed by atoms with Crippen LogP contribution in [-0.4, -0.2) is 17.5 Å². The van der Waals surface area contributed by atoms with E-state index < -0.39 is 0 Å². The molecule has 1 aromatic rings. The molecule has 0 radical (unpaired) electrons. The monoisotopic (exact) mass is 222 g/mol. The molecule has 0 atom stereocenters. The number of carbonyl (C=O) groups is 1. The molecule has 1 N–H and O–H groups in total. The number of aliphatic hydroxyl groups is 1. The van der Waals surface area contributed by atoms with Crippen LogP contribution >= 0.6 is 0 Å². The summed E-state index contributed by atoms with van der Waals surface area (Å²) in [5.41, 5.74) is 0.398. The van der Waals surface area contributed by atoms with Crippen molar-refractivity contribution in [2.24, 2.45) is 5.41 Å². The Morgan fingerprint density at radius 2 is 2.06 bits per heavy atom. The quantitative estimate of drug-likeness (QED) is 0.849. The molecule has 88 valence electrons. The first-order valence-electron chi connectivity index (χ1n) is 5.29. The molecule has 3 nitrogen and oxygen atoms in total. The van der Waals surface area contributed by atoms with Gasteiger partial charge >= 0.3 is 0 Å². The minimum atomic E-state index is -0.380. The number of ether oxygens (including phenoxy) is 1. The SMILES string of the molecule is CC(C)(C)C(=O)COc1cccc(CO)c1. The minimum absolute atomic E-state index is 0.0234. The van der Waals surface area contributed by atoms with Gasteiger partial charge in [-0.25, -0.2) is 0 Å². The van der Waals surface area contributed by atoms with Crippen LogP contribution in [0.5, 0.6) is 5.75 Å². The number of rotatable bonds is 4. The number of hydrogen-bond acceptors (Lipinski definition) is 3. The zero-order chi connectivity index (χ0) is 12.2. The van der Waals surface area contributed by atoms with Gasteiger partial charge in [0.2, 0.25) is 0 Å². The van der Waals surface area contributed by atoms with E-state index in [0.717, 1.165) is 5.56 Å². The average molecular weight is 222 g/mol. The maximum atomic E-state index is 11.6. The highest BCUT2D eigenvalue weighted by molar-refractivity contribution is 5.85. The summed E-state index contributed by atoms with van der Waals surface area (Å²) in [5, 5.41) is 8.95. The molecule has 16 heavy (non-hydrogen) atoms. The Hall–Kier alpha value is -1.35. The van der Waals surface area contributed by atoms with E-state index >= 15 is 0 Å². The summed E-state index contributed by atoms with van der Waals surface area (Å²) in [6, 6.07) is 7.10. The topological polar surface area (TPSA) is 46.5 Å². The van der Waals surface area contributed by atoms with Crippen LogP contribution in [0.1, 0.15) is 26.3 Å². The van der Waals surface area contributed by atoms with E-state index in [2.05, 4.69) is 0 Å². The van der Waals surface area contributed by atoms with Gasteiger partial charge in [-0.05, 0) is 17.7 Å². The first kappa shape index (κ1) is 12.7. The van der Waals surface area contributed by atoms with Gasteiger partial charge in [0.1, 0.15) is 12.4 Å². The van der Waals surface area contributed by atoms with Crippen LogP contribution < -0.4 is 4.74 Å². The Balaban J connectivity index is 2.58. The first-order chi connectivity index (χ1) is 7.43. The van der Waals surface area contributed by atoms with E-state index in [-0.39, 0.29) is 24.4 Å². The number of carbonyl (C=O) groups excluding carboxylic acids is 1. The van der Waals surface area contributed by atoms with Crippen LogP contribution in [0, 0.1) is 5.41 Å². The van der Waals surface area contributed by atoms with Crippen molar-refractivity contribution in [3.8, 4) is 5.75 Å². The van der Waals surface area contributed by atoms with Crippen molar-refractivity contribution in [3.05, 3.63) is 29.8 Å². The van der Waals surface area contributed by atoms with Gasteiger partial charge in [0.05, 0.1) is 6.61 Å². The van der Waals surface area contributed by atoms with Crippen LogP contribution in [0.25, 0.3) is 0 Å². The van der Waals surface area contributed by atoms with Crippen LogP contribution in [0.2, 0.25) is 0 Å². The number of ketones is 1. The number of Topliss-reactive ketones (excluding diaryl/α,β-unsaturated/α-hetero) is 1. The highest BCUT2D eigenvalue weighted by atomic mass is 16.5. The minimum Gasteiger partial charge on any atom is -0.486 e. The normalized spacial score (nSPS) is 11.2. The van der Waals surface area contributed by atoms with Gasteiger partial charge in [0.25, 0.3) is 0 Å². The number of aliphatic hydroxyl groups excluding tert-OH is 1. The number of hydrogen-bond donors (Lipinski definition) is 1. The van der Waals surface area contributed by atoms with Crippen molar-refractivity contribution >= 4 is 5.78 Å². The maximum Gasteiger partial charge on any atom is 0.175 e. The smallest absolute Gasteiger partial charge is 0.175 e. The van der Waals surface area contributed by atoms with Crippen molar-refractivity contribution in [1.82, 2.24) is 0 Å². The van der Waals surface area contributed by atoms with Gasteiger partial charge in [-0.3, -0.25) is 4.79 Å². The molecule has 0 unspecified atom stereocenters. The summed E-state index contributed by atoms with van der Waals surface area (Å²) in [5.74, 6) is 0.672. The lowest BCUT2D eigenvalue weighted by atomic mass is 9.91. The molecule has 0 saturated carbocycles. The summed E-state index contributed by atoms with van der Waals surface area (Å²) in [4.78, 5) is 11.6. The van der Waals surface area contributed by atoms with Crippen LogP contribution in [0.4, 0.5) is 0 Å². The van der Waals surface area contributed by atoms with Gasteiger partial charge < -0.3 is 9.84 Å². The molecule has 0 amide bonds. The van der Waals surface area contributed by atoms with Gasteiger partial charge in [0.15, 0.2) is 5.78 Å². The van der Waals surface area contributed by atoms with E-state index in [1.54, 1.807) is 24.3 Å². The third kappa shape index (κ3) is 3.66. The molecular weight excluding hydrogens is 204 g/mol. The molecule has 0 saturated heterocycles. The van der Waals surface area contributed by atoms with Crippen molar-refractivity contribution in [2.75, 3.05) is 6.61 Å². The van der Waals surface area contributed by atoms with Crippen LogP contribution in [0.15, 0.2) is 24.3 Å². The van der Waals surface area contributed by atoms with Crippen molar-refractivity contribution in [3.63, 3.8) is 0 Å². The summed E-state index contributed by atoms with van der Waals surface area (Å²) in [6.07, 6.45) is 0. The lowest BCUT2D eigenvalue weighted by Crippen LogP contribution is -2.26. The third-order valence-electron chi connectivity index (χ3n) is 2.29. The zero-order valence-corrected chi connectivity index (χ0v) is 9.99.